The third-order valence-electron chi connectivity index (χ3n) is 3.86. The first-order valence-corrected chi connectivity index (χ1v) is 7.88. The van der Waals surface area contributed by atoms with Crippen LogP contribution in [0.5, 0.6) is 5.75 Å². The molecule has 0 radical (unpaired) electrons. The molecule has 0 spiro atoms. The first-order valence-electron chi connectivity index (χ1n) is 7.88. The van der Waals surface area contributed by atoms with E-state index in [2.05, 4.69) is 5.32 Å². The smallest absolute Gasteiger partial charge is 0.270 e. The van der Waals surface area contributed by atoms with Crippen LogP contribution in [0, 0.1) is 10.1 Å². The van der Waals surface area contributed by atoms with Gasteiger partial charge in [-0.05, 0) is 35.4 Å². The number of anilines is 1. The van der Waals surface area contributed by atoms with Crippen molar-refractivity contribution in [3.8, 4) is 16.9 Å². The fourth-order valence-electron chi connectivity index (χ4n) is 2.61. The Morgan fingerprint density at radius 2 is 1.65 bits per heavy atom. The lowest BCUT2D eigenvalue weighted by Crippen LogP contribution is -2.13. The van der Waals surface area contributed by atoms with E-state index < -0.39 is 4.92 Å². The molecule has 0 aromatic heterocycles. The van der Waals surface area contributed by atoms with E-state index in [1.807, 2.05) is 6.07 Å². The molecule has 26 heavy (non-hydrogen) atoms. The van der Waals surface area contributed by atoms with Crippen LogP contribution in [0.2, 0.25) is 0 Å². The molecule has 3 rings (SSSR count). The van der Waals surface area contributed by atoms with E-state index in [-0.39, 0.29) is 11.6 Å². The molecule has 130 valence electrons. The summed E-state index contributed by atoms with van der Waals surface area (Å²) in [7, 11) is 1.51. The van der Waals surface area contributed by atoms with E-state index in [1.165, 1.54) is 19.2 Å². The van der Waals surface area contributed by atoms with Gasteiger partial charge in [-0.15, -0.1) is 0 Å². The summed E-state index contributed by atoms with van der Waals surface area (Å²) in [5.74, 6) is 0.193. The largest absolute Gasteiger partial charge is 0.496 e. The fourth-order valence-corrected chi connectivity index (χ4v) is 2.61. The third kappa shape index (κ3) is 3.70. The number of carbonyl (C=O) groups is 1. The van der Waals surface area contributed by atoms with Gasteiger partial charge in [0.05, 0.1) is 17.6 Å². The van der Waals surface area contributed by atoms with E-state index in [1.54, 1.807) is 54.6 Å². The van der Waals surface area contributed by atoms with Crippen LogP contribution in [0.4, 0.5) is 11.4 Å². The van der Waals surface area contributed by atoms with Crippen LogP contribution in [0.1, 0.15) is 10.4 Å². The number of rotatable bonds is 5. The molecule has 0 saturated carbocycles. The van der Waals surface area contributed by atoms with Gasteiger partial charge in [0.1, 0.15) is 5.75 Å². The average molecular weight is 348 g/mol. The number of nitro benzene ring substituents is 1. The number of benzene rings is 3. The first-order chi connectivity index (χ1) is 12.6. The van der Waals surface area contributed by atoms with Gasteiger partial charge < -0.3 is 10.1 Å². The molecule has 3 aromatic carbocycles. The predicted molar refractivity (Wildman–Crippen MR) is 99.5 cm³/mol. The van der Waals surface area contributed by atoms with E-state index in [0.717, 1.165) is 5.56 Å². The average Bonchev–Trinajstić information content (AvgIpc) is 2.68. The molecule has 3 aromatic rings. The summed E-state index contributed by atoms with van der Waals surface area (Å²) in [6.07, 6.45) is 0. The Morgan fingerprint density at radius 1 is 0.962 bits per heavy atom. The molecule has 0 saturated heterocycles. The maximum absolute atomic E-state index is 12.5. The van der Waals surface area contributed by atoms with Crippen LogP contribution in [-0.4, -0.2) is 17.9 Å². The molecule has 0 aliphatic heterocycles. The lowest BCUT2D eigenvalue weighted by Gasteiger charge is -2.10. The van der Waals surface area contributed by atoms with Gasteiger partial charge in [0, 0.05) is 17.8 Å². The minimum atomic E-state index is -0.434. The Morgan fingerprint density at radius 3 is 2.38 bits per heavy atom. The van der Waals surface area contributed by atoms with Crippen molar-refractivity contribution < 1.29 is 14.5 Å². The van der Waals surface area contributed by atoms with Gasteiger partial charge in [0.15, 0.2) is 0 Å². The molecular weight excluding hydrogens is 332 g/mol. The Labute approximate surface area is 150 Å². The van der Waals surface area contributed by atoms with E-state index in [4.69, 9.17) is 4.74 Å². The van der Waals surface area contributed by atoms with Crippen molar-refractivity contribution >= 4 is 17.3 Å². The molecular formula is C20H16N2O4. The highest BCUT2D eigenvalue weighted by Crippen LogP contribution is 2.26. The lowest BCUT2D eigenvalue weighted by molar-refractivity contribution is -0.384. The van der Waals surface area contributed by atoms with Gasteiger partial charge in [-0.2, -0.15) is 0 Å². The number of hydrogen-bond donors (Lipinski definition) is 1. The van der Waals surface area contributed by atoms with E-state index in [9.17, 15) is 14.9 Å². The summed E-state index contributed by atoms with van der Waals surface area (Å²) < 4.78 is 5.21. The van der Waals surface area contributed by atoms with Gasteiger partial charge in [-0.3, -0.25) is 14.9 Å². The summed E-state index contributed by atoms with van der Waals surface area (Å²) in [5.41, 5.74) is 2.51. The number of amides is 1. The molecule has 0 bridgehead atoms. The van der Waals surface area contributed by atoms with Crippen LogP contribution in [0.3, 0.4) is 0 Å². The summed E-state index contributed by atoms with van der Waals surface area (Å²) in [6.45, 7) is 0. The van der Waals surface area contributed by atoms with Crippen molar-refractivity contribution in [2.24, 2.45) is 0 Å². The Kier molecular flexibility index (Phi) is 4.94. The molecule has 0 atom stereocenters. The normalized spacial score (nSPS) is 10.2. The monoisotopic (exact) mass is 348 g/mol. The second kappa shape index (κ2) is 7.48. The maximum atomic E-state index is 12.5. The number of hydrogen-bond acceptors (Lipinski definition) is 4. The number of methoxy groups -OCH3 is 1. The topological polar surface area (TPSA) is 81.5 Å². The SMILES string of the molecule is COc1ccccc1C(=O)Nc1cccc(-c2cccc([N+](=O)[O-])c2)c1. The second-order valence-corrected chi connectivity index (χ2v) is 5.54. The second-order valence-electron chi connectivity index (χ2n) is 5.54. The maximum Gasteiger partial charge on any atom is 0.270 e. The zero-order valence-corrected chi connectivity index (χ0v) is 14.0. The molecule has 0 aliphatic rings. The fraction of sp³-hybridized carbons (Fsp3) is 0.0500. The molecule has 0 unspecified atom stereocenters. The number of non-ortho nitro benzene ring substituents is 1. The molecule has 0 aliphatic carbocycles. The van der Waals surface area contributed by atoms with Gasteiger partial charge in [-0.25, -0.2) is 0 Å². The number of carbonyl (C=O) groups excluding carboxylic acids is 1. The van der Waals surface area contributed by atoms with Gasteiger partial charge in [-0.1, -0.05) is 36.4 Å². The van der Waals surface area contributed by atoms with Crippen LogP contribution < -0.4 is 10.1 Å². The Hall–Kier alpha value is -3.67. The van der Waals surface area contributed by atoms with Gasteiger partial charge >= 0.3 is 0 Å². The molecule has 0 fully saturated rings. The van der Waals surface area contributed by atoms with Crippen LogP contribution in [0.15, 0.2) is 72.8 Å². The van der Waals surface area contributed by atoms with Crippen molar-refractivity contribution in [3.63, 3.8) is 0 Å². The van der Waals surface area contributed by atoms with Crippen LogP contribution in [0.25, 0.3) is 11.1 Å². The number of nitrogens with zero attached hydrogens (tertiary/aromatic N) is 1. The molecule has 6 nitrogen and oxygen atoms in total. The molecule has 0 heterocycles. The van der Waals surface area contributed by atoms with Crippen molar-refractivity contribution in [2.45, 2.75) is 0 Å². The summed E-state index contributed by atoms with van der Waals surface area (Å²) in [5, 5.41) is 13.8. The van der Waals surface area contributed by atoms with E-state index in [0.29, 0.717) is 22.6 Å². The number of nitrogens with one attached hydrogen (secondary N) is 1. The number of ether oxygens (including phenoxy) is 1. The Bertz CT molecular complexity index is 969. The van der Waals surface area contributed by atoms with Crippen molar-refractivity contribution in [1.82, 2.24) is 0 Å². The standard InChI is InChI=1S/C20H16N2O4/c1-26-19-11-3-2-10-18(19)20(23)21-16-8-4-6-14(12-16)15-7-5-9-17(13-15)22(24)25/h2-13H,1H3,(H,21,23). The van der Waals surface area contributed by atoms with E-state index >= 15 is 0 Å². The highest BCUT2D eigenvalue weighted by Gasteiger charge is 2.12. The molecule has 1 amide bonds. The summed E-state index contributed by atoms with van der Waals surface area (Å²) >= 11 is 0. The Balaban J connectivity index is 1.87. The first kappa shape index (κ1) is 17.2. The predicted octanol–water partition coefficient (Wildman–Crippen LogP) is 4.52. The number of nitro groups is 1. The van der Waals surface area contributed by atoms with Crippen molar-refractivity contribution in [3.05, 3.63) is 88.5 Å². The van der Waals surface area contributed by atoms with Crippen molar-refractivity contribution in [2.75, 3.05) is 12.4 Å². The van der Waals surface area contributed by atoms with Crippen LogP contribution >= 0.6 is 0 Å². The summed E-state index contributed by atoms with van der Waals surface area (Å²) in [4.78, 5) is 23.0. The molecule has 1 N–H and O–H groups in total. The van der Waals surface area contributed by atoms with Gasteiger partial charge in [0.2, 0.25) is 0 Å². The summed E-state index contributed by atoms with van der Waals surface area (Å²) in [6, 6.07) is 20.5. The highest BCUT2D eigenvalue weighted by molar-refractivity contribution is 6.06. The molecule has 6 heteroatoms. The number of para-hydroxylation sites is 1. The lowest BCUT2D eigenvalue weighted by atomic mass is 10.0. The van der Waals surface area contributed by atoms with Crippen molar-refractivity contribution in [1.29, 1.82) is 0 Å². The zero-order valence-electron chi connectivity index (χ0n) is 14.0. The minimum absolute atomic E-state index is 0.0194. The van der Waals surface area contributed by atoms with Crippen LogP contribution in [-0.2, 0) is 0 Å². The minimum Gasteiger partial charge on any atom is -0.496 e. The quantitative estimate of drug-likeness (QED) is 0.543. The van der Waals surface area contributed by atoms with Gasteiger partial charge in [0.25, 0.3) is 11.6 Å². The highest BCUT2D eigenvalue weighted by atomic mass is 16.6. The zero-order chi connectivity index (χ0) is 18.5. The third-order valence-corrected chi connectivity index (χ3v) is 3.86.